The fourth-order valence-electron chi connectivity index (χ4n) is 4.10. The van der Waals surface area contributed by atoms with Gasteiger partial charge in [0.25, 0.3) is 0 Å². The lowest BCUT2D eigenvalue weighted by molar-refractivity contribution is -0.142. The lowest BCUT2D eigenvalue weighted by Crippen LogP contribution is -2.32. The first-order valence-electron chi connectivity index (χ1n) is 7.86. The zero-order chi connectivity index (χ0) is 15.9. The van der Waals surface area contributed by atoms with Gasteiger partial charge >= 0.3 is 5.97 Å². The van der Waals surface area contributed by atoms with Gasteiger partial charge in [-0.15, -0.1) is 5.10 Å². The summed E-state index contributed by atoms with van der Waals surface area (Å²) in [5.41, 5.74) is 0.703. The van der Waals surface area contributed by atoms with Crippen LogP contribution in [0.1, 0.15) is 43.4 Å². The number of carboxylic acid groups (broad SMARTS) is 1. The van der Waals surface area contributed by atoms with E-state index >= 15 is 0 Å². The first kappa shape index (κ1) is 14.3. The van der Waals surface area contributed by atoms with Gasteiger partial charge in [0.1, 0.15) is 6.33 Å². The van der Waals surface area contributed by atoms with Gasteiger partial charge in [-0.05, 0) is 41.7 Å². The van der Waals surface area contributed by atoms with Gasteiger partial charge in [-0.25, -0.2) is 4.68 Å². The monoisotopic (exact) mass is 314 g/mol. The van der Waals surface area contributed by atoms with Gasteiger partial charge in [0, 0.05) is 5.92 Å². The van der Waals surface area contributed by atoms with E-state index in [4.69, 9.17) is 4.74 Å². The van der Waals surface area contributed by atoms with Crippen LogP contribution in [0.2, 0.25) is 0 Å². The number of aromatic nitrogens is 4. The zero-order valence-electron chi connectivity index (χ0n) is 12.6. The predicted octanol–water partition coefficient (Wildman–Crippen LogP) is 2.00. The molecule has 4 rings (SSSR count). The number of ether oxygens (including phenoxy) is 1. The average Bonchev–Trinajstić information content (AvgIpc) is 3.28. The summed E-state index contributed by atoms with van der Waals surface area (Å²) in [4.78, 5) is 11.5. The summed E-state index contributed by atoms with van der Waals surface area (Å²) in [6.07, 6.45) is 4.10. The SMILES string of the molecule is O=C(O)C1CC(c2ccccc2)C2(CCC(n3cnnn3)O2)C1. The van der Waals surface area contributed by atoms with E-state index in [1.807, 2.05) is 18.2 Å². The number of nitrogens with zero attached hydrogens (tertiary/aromatic N) is 4. The van der Waals surface area contributed by atoms with Crippen LogP contribution in [0.3, 0.4) is 0 Å². The molecule has 1 saturated heterocycles. The van der Waals surface area contributed by atoms with Crippen LogP contribution < -0.4 is 0 Å². The fraction of sp³-hybridized carbons (Fsp3) is 0.500. The normalized spacial score (nSPS) is 33.3. The molecule has 1 saturated carbocycles. The molecule has 0 radical (unpaired) electrons. The predicted molar refractivity (Wildman–Crippen MR) is 79.4 cm³/mol. The number of aliphatic carboxylic acids is 1. The first-order valence-corrected chi connectivity index (χ1v) is 7.86. The summed E-state index contributed by atoms with van der Waals surface area (Å²) < 4.78 is 7.97. The summed E-state index contributed by atoms with van der Waals surface area (Å²) in [6.45, 7) is 0. The molecule has 1 aromatic carbocycles. The van der Waals surface area contributed by atoms with Crippen molar-refractivity contribution >= 4 is 5.97 Å². The smallest absolute Gasteiger partial charge is 0.306 e. The Kier molecular flexibility index (Phi) is 3.37. The number of hydrogen-bond acceptors (Lipinski definition) is 5. The van der Waals surface area contributed by atoms with Crippen molar-refractivity contribution < 1.29 is 14.6 Å². The maximum atomic E-state index is 11.5. The van der Waals surface area contributed by atoms with Gasteiger partial charge in [0.15, 0.2) is 6.23 Å². The highest BCUT2D eigenvalue weighted by atomic mass is 16.5. The lowest BCUT2D eigenvalue weighted by Gasteiger charge is -2.31. The van der Waals surface area contributed by atoms with Crippen LogP contribution in [-0.4, -0.2) is 36.9 Å². The summed E-state index contributed by atoms with van der Waals surface area (Å²) in [5, 5.41) is 20.7. The van der Waals surface area contributed by atoms with Crippen molar-refractivity contribution in [3.05, 3.63) is 42.2 Å². The van der Waals surface area contributed by atoms with E-state index in [1.165, 1.54) is 0 Å². The fourth-order valence-corrected chi connectivity index (χ4v) is 4.10. The van der Waals surface area contributed by atoms with Crippen LogP contribution in [0.5, 0.6) is 0 Å². The van der Waals surface area contributed by atoms with Gasteiger partial charge in [0.05, 0.1) is 11.5 Å². The van der Waals surface area contributed by atoms with Gasteiger partial charge in [-0.2, -0.15) is 0 Å². The van der Waals surface area contributed by atoms with Crippen molar-refractivity contribution in [1.82, 2.24) is 20.2 Å². The Bertz CT molecular complexity index is 691. The highest BCUT2D eigenvalue weighted by Gasteiger charge is 2.55. The number of benzene rings is 1. The molecule has 2 heterocycles. The molecule has 23 heavy (non-hydrogen) atoms. The quantitative estimate of drug-likeness (QED) is 0.932. The molecule has 7 heteroatoms. The number of tetrazole rings is 1. The van der Waals surface area contributed by atoms with Crippen molar-refractivity contribution in [1.29, 1.82) is 0 Å². The molecule has 0 amide bonds. The summed E-state index contributed by atoms with van der Waals surface area (Å²) in [5.74, 6) is -1.02. The first-order chi connectivity index (χ1) is 11.2. The maximum Gasteiger partial charge on any atom is 0.306 e. The highest BCUT2D eigenvalue weighted by molar-refractivity contribution is 5.71. The third kappa shape index (κ3) is 2.41. The number of carbonyl (C=O) groups is 1. The molecule has 4 unspecified atom stereocenters. The van der Waals surface area contributed by atoms with Crippen molar-refractivity contribution in [2.24, 2.45) is 5.92 Å². The van der Waals surface area contributed by atoms with Crippen LogP contribution in [0.15, 0.2) is 36.7 Å². The summed E-state index contributed by atoms with van der Waals surface area (Å²) in [7, 11) is 0. The Morgan fingerprint density at radius 1 is 1.35 bits per heavy atom. The molecule has 2 fully saturated rings. The van der Waals surface area contributed by atoms with Crippen LogP contribution in [0, 0.1) is 5.92 Å². The third-order valence-corrected chi connectivity index (χ3v) is 5.14. The van der Waals surface area contributed by atoms with Gasteiger partial charge < -0.3 is 9.84 Å². The average molecular weight is 314 g/mol. The topological polar surface area (TPSA) is 90.1 Å². The second-order valence-electron chi connectivity index (χ2n) is 6.40. The second kappa shape index (κ2) is 5.42. The minimum absolute atomic E-state index is 0.0891. The molecule has 1 aliphatic carbocycles. The Morgan fingerprint density at radius 3 is 2.87 bits per heavy atom. The van der Waals surface area contributed by atoms with Gasteiger partial charge in [0.2, 0.25) is 0 Å². The molecule has 1 spiro atoms. The standard InChI is InChI=1S/C16H18N4O3/c21-15(22)12-8-13(11-4-2-1-3-5-11)16(9-12)7-6-14(23-16)20-10-17-18-19-20/h1-5,10,12-14H,6-9H2,(H,21,22). The molecule has 1 N–H and O–H groups in total. The van der Waals surface area contributed by atoms with E-state index in [1.54, 1.807) is 11.0 Å². The minimum Gasteiger partial charge on any atom is -0.481 e. The number of carboxylic acids is 1. The number of hydrogen-bond donors (Lipinski definition) is 1. The molecule has 7 nitrogen and oxygen atoms in total. The van der Waals surface area contributed by atoms with Crippen molar-refractivity contribution in [3.63, 3.8) is 0 Å². The van der Waals surface area contributed by atoms with Crippen molar-refractivity contribution in [3.8, 4) is 0 Å². The molecular formula is C16H18N4O3. The zero-order valence-corrected chi connectivity index (χ0v) is 12.6. The lowest BCUT2D eigenvalue weighted by atomic mass is 9.83. The molecule has 4 atom stereocenters. The van der Waals surface area contributed by atoms with Crippen molar-refractivity contribution in [2.75, 3.05) is 0 Å². The van der Waals surface area contributed by atoms with Crippen LogP contribution in [0.4, 0.5) is 0 Å². The van der Waals surface area contributed by atoms with E-state index < -0.39 is 11.6 Å². The van der Waals surface area contributed by atoms with E-state index in [-0.39, 0.29) is 18.1 Å². The van der Waals surface area contributed by atoms with Crippen LogP contribution in [-0.2, 0) is 9.53 Å². The van der Waals surface area contributed by atoms with E-state index in [0.717, 1.165) is 18.4 Å². The second-order valence-corrected chi connectivity index (χ2v) is 6.40. The summed E-state index contributed by atoms with van der Waals surface area (Å²) >= 11 is 0. The molecule has 1 aromatic heterocycles. The molecule has 2 aliphatic rings. The highest BCUT2D eigenvalue weighted by Crippen LogP contribution is 2.56. The molecular weight excluding hydrogens is 296 g/mol. The van der Waals surface area contributed by atoms with Crippen molar-refractivity contribution in [2.45, 2.75) is 43.4 Å². The van der Waals surface area contributed by atoms with Gasteiger partial charge in [-0.1, -0.05) is 30.3 Å². The Labute approximate surface area is 133 Å². The Balaban J connectivity index is 1.65. The molecule has 1 aliphatic heterocycles. The minimum atomic E-state index is -0.739. The maximum absolute atomic E-state index is 11.5. The van der Waals surface area contributed by atoms with E-state index in [2.05, 4.69) is 27.7 Å². The number of rotatable bonds is 3. The van der Waals surface area contributed by atoms with Crippen LogP contribution in [0.25, 0.3) is 0 Å². The third-order valence-electron chi connectivity index (χ3n) is 5.14. The molecule has 0 bridgehead atoms. The van der Waals surface area contributed by atoms with Gasteiger partial charge in [-0.3, -0.25) is 4.79 Å². The molecule has 2 aromatic rings. The largest absolute Gasteiger partial charge is 0.481 e. The Morgan fingerprint density at radius 2 is 2.17 bits per heavy atom. The van der Waals surface area contributed by atoms with Crippen LogP contribution >= 0.6 is 0 Å². The molecule has 120 valence electrons. The Hall–Kier alpha value is -2.28. The van der Waals surface area contributed by atoms with E-state index in [9.17, 15) is 9.90 Å². The summed E-state index contributed by atoms with van der Waals surface area (Å²) in [6, 6.07) is 10.1. The van der Waals surface area contributed by atoms with E-state index in [0.29, 0.717) is 12.8 Å².